The second-order valence-electron chi connectivity index (χ2n) is 23.3. The van der Waals surface area contributed by atoms with Crippen molar-refractivity contribution in [1.82, 2.24) is 0 Å². The smallest absolute Gasteiger partial charge is 0.333 e. The number of esters is 3. The van der Waals surface area contributed by atoms with Crippen molar-refractivity contribution in [2.24, 2.45) is 0 Å². The molecule has 0 unspecified atom stereocenters. The summed E-state index contributed by atoms with van der Waals surface area (Å²) < 4.78 is 68.0. The third-order valence-electron chi connectivity index (χ3n) is 15.7. The number of hydrogen-bond donors (Lipinski definition) is 0. The van der Waals surface area contributed by atoms with Crippen molar-refractivity contribution in [3.8, 4) is 0 Å². The lowest BCUT2D eigenvalue weighted by Crippen LogP contribution is -2.67. The minimum Gasteiger partial charge on any atom is -0.463 e. The fourth-order valence-electron chi connectivity index (χ4n) is 10.0. The fourth-order valence-corrected chi connectivity index (χ4v) is 14.0. The fraction of sp³-hybridized carbons (Fsp3) is 0.661. The first-order valence-corrected chi connectivity index (χ1v) is 33.6. The van der Waals surface area contributed by atoms with Gasteiger partial charge in [-0.25, -0.2) is 9.59 Å². The maximum absolute atomic E-state index is 15.0. The van der Waals surface area contributed by atoms with Gasteiger partial charge in [0.05, 0.1) is 18.6 Å². The molecule has 0 saturated carbocycles. The van der Waals surface area contributed by atoms with E-state index in [0.717, 1.165) is 67.3 Å². The summed E-state index contributed by atoms with van der Waals surface area (Å²) in [4.78, 5) is 56.2. The van der Waals surface area contributed by atoms with Crippen LogP contribution in [-0.2, 0) is 66.2 Å². The van der Waals surface area contributed by atoms with Gasteiger partial charge in [-0.1, -0.05) is 151 Å². The van der Waals surface area contributed by atoms with E-state index in [4.69, 9.17) is 47.1 Å². The van der Waals surface area contributed by atoms with Crippen LogP contribution in [0, 0.1) is 0 Å². The lowest BCUT2D eigenvalue weighted by atomic mass is 9.96. The number of rotatable bonds is 13. The molecule has 0 N–H and O–H groups in total. The van der Waals surface area contributed by atoms with E-state index in [0.29, 0.717) is 18.4 Å². The molecule has 2 aromatic rings. The highest BCUT2D eigenvalue weighted by molar-refractivity contribution is 7.04. The highest BCUT2D eigenvalue weighted by Gasteiger charge is 2.60. The van der Waals surface area contributed by atoms with Crippen LogP contribution in [0.2, 0.25) is 31.2 Å². The topological polar surface area (TPSA) is 161 Å². The van der Waals surface area contributed by atoms with Crippen molar-refractivity contribution in [3.05, 3.63) is 84.0 Å². The van der Waals surface area contributed by atoms with E-state index < -0.39 is 108 Å². The third-order valence-corrected chi connectivity index (χ3v) is 23.7. The average molecular weight is 1080 g/mol. The first-order chi connectivity index (χ1) is 35.4. The Balaban J connectivity index is 1.52. The quantitative estimate of drug-likeness (QED) is 0.0613. The molecule has 0 aliphatic carbocycles. The van der Waals surface area contributed by atoms with E-state index in [1.54, 1.807) is 19.9 Å². The summed E-state index contributed by atoms with van der Waals surface area (Å²) in [5.74, 6) is -3.08. The Morgan fingerprint density at radius 1 is 0.760 bits per heavy atom. The minimum atomic E-state index is -2.89. The Morgan fingerprint density at radius 2 is 1.43 bits per heavy atom. The molecule has 14 nitrogen and oxygen atoms in total. The lowest BCUT2D eigenvalue weighted by molar-refractivity contribution is -0.360. The first kappa shape index (κ1) is 60.4. The van der Waals surface area contributed by atoms with Gasteiger partial charge in [0.25, 0.3) is 0 Å². The van der Waals surface area contributed by atoms with E-state index in [9.17, 15) is 14.4 Å². The summed E-state index contributed by atoms with van der Waals surface area (Å²) in [7, 11) is -5.51. The molecule has 4 heterocycles. The number of allylic oxidation sites excluding steroid dienone is 1. The number of ether oxygens (including phenoxy) is 9. The van der Waals surface area contributed by atoms with Crippen LogP contribution in [-0.4, -0.2) is 120 Å². The molecule has 0 radical (unpaired) electrons. The molecular formula is C59H88O14Si2. The summed E-state index contributed by atoms with van der Waals surface area (Å²) in [6.07, 6.45) is 0.803. The molecule has 2 bridgehead atoms. The van der Waals surface area contributed by atoms with Gasteiger partial charge in [0, 0.05) is 24.5 Å². The molecule has 0 amide bonds. The number of carbonyl (C=O) groups is 4. The molecule has 2 aromatic carbocycles. The highest BCUT2D eigenvalue weighted by atomic mass is 28.4. The molecule has 16 heteroatoms. The number of ketones is 1. The van der Waals surface area contributed by atoms with E-state index in [1.807, 2.05) is 69.3 Å². The van der Waals surface area contributed by atoms with Crippen molar-refractivity contribution in [2.45, 2.75) is 244 Å². The normalized spacial score (nSPS) is 30.1. The molecule has 6 rings (SSSR count). The SMILES string of the molecule is C/C=C(\C)C(=O)O[C@@H]1[C@@H](O[Si](C)(C)C(C)(C)C)[C@@H]2O[C@H]3[C@H](O[C@@H](CCCCC)CCCCCCC(=O)CCC(=O)OC[C@@H](O2)[C@H]1OC(=O)/C=C(/c1ccccc1)[Si](C)(C)c1ccccc1)O[C@H](C)[C@@H]1OC(C)(C)O[C@@H]13. The molecule has 4 aliphatic rings. The Hall–Kier alpha value is -3.85. The highest BCUT2D eigenvalue weighted by Crippen LogP contribution is 2.44. The third kappa shape index (κ3) is 16.1. The van der Waals surface area contributed by atoms with Crippen LogP contribution < -0.4 is 5.19 Å². The predicted molar refractivity (Wildman–Crippen MR) is 293 cm³/mol. The maximum Gasteiger partial charge on any atom is 0.333 e. The molecule has 0 aromatic heterocycles. The second-order valence-corrected chi connectivity index (χ2v) is 32.5. The molecule has 0 spiro atoms. The summed E-state index contributed by atoms with van der Waals surface area (Å²) in [6, 6.07) is 19.8. The number of Topliss-reactive ketones (excluding diaryl/α,β-unsaturated/α-hetero) is 1. The zero-order chi connectivity index (χ0) is 54.7. The van der Waals surface area contributed by atoms with Crippen LogP contribution in [0.25, 0.3) is 5.20 Å². The lowest BCUT2D eigenvalue weighted by Gasteiger charge is -2.50. The summed E-state index contributed by atoms with van der Waals surface area (Å²) in [5.41, 5.74) is 1.16. The van der Waals surface area contributed by atoms with Crippen molar-refractivity contribution in [2.75, 3.05) is 6.61 Å². The predicted octanol–water partition coefficient (Wildman–Crippen LogP) is 11.0. The number of unbranched alkanes of at least 4 members (excludes halogenated alkanes) is 2. The van der Waals surface area contributed by atoms with Crippen molar-refractivity contribution >= 4 is 50.5 Å². The number of cyclic esters (lactones) is 1. The van der Waals surface area contributed by atoms with Crippen molar-refractivity contribution in [1.29, 1.82) is 0 Å². The largest absolute Gasteiger partial charge is 0.463 e. The number of hydrogen-bond acceptors (Lipinski definition) is 14. The Bertz CT molecular complexity index is 2260. The van der Waals surface area contributed by atoms with Crippen LogP contribution in [0.15, 0.2) is 78.4 Å². The summed E-state index contributed by atoms with van der Waals surface area (Å²) in [5, 5.41) is 1.52. The second kappa shape index (κ2) is 26.7. The molecule has 416 valence electrons. The van der Waals surface area contributed by atoms with Gasteiger partial charge < -0.3 is 47.1 Å². The monoisotopic (exact) mass is 1080 g/mol. The molecular weight excluding hydrogens is 989 g/mol. The standard InChI is InChI=1S/C59H88O14Si2/c1-14-16-21-31-43-32-25-18-17-24-30-42(60)35-36-47(61)64-38-45-50(68-48(62)37-46(41-28-22-19-23-29-41)74(10,11)44-33-26-20-27-34-44)51(69-55(63)39(3)15-2)54(73-75(12,13)58(5,6)7)57(67-45)70-53-52-49(71-59(8,9)72-52)40(4)65-56(53)66-43/h15,19-20,22-23,26-29,33-34,37,40,43,45,49-54,56-57H,14,16-18,21,24-25,30-32,35-36,38H2,1-13H3/b39-15+,46-37-/t40-,43+,45-,49+,50-,51+,52+,53-,54-,56+,57+/m1/s1. The number of benzene rings is 2. The molecule has 11 atom stereocenters. The Morgan fingerprint density at radius 3 is 2.09 bits per heavy atom. The van der Waals surface area contributed by atoms with Crippen molar-refractivity contribution in [3.63, 3.8) is 0 Å². The van der Waals surface area contributed by atoms with Gasteiger partial charge in [0.15, 0.2) is 38.9 Å². The van der Waals surface area contributed by atoms with E-state index >= 15 is 4.79 Å². The number of carbonyl (C=O) groups excluding carboxylic acids is 4. The van der Waals surface area contributed by atoms with E-state index in [-0.39, 0.29) is 29.8 Å². The maximum atomic E-state index is 15.0. The van der Waals surface area contributed by atoms with E-state index in [1.165, 1.54) is 6.08 Å². The molecule has 4 fully saturated rings. The Labute approximate surface area is 449 Å². The van der Waals surface area contributed by atoms with E-state index in [2.05, 4.69) is 66.0 Å². The van der Waals surface area contributed by atoms with Gasteiger partial charge in [-0.2, -0.15) is 0 Å². The van der Waals surface area contributed by atoms with Gasteiger partial charge >= 0.3 is 17.9 Å². The molecule has 4 saturated heterocycles. The molecule has 4 aliphatic heterocycles. The number of fused-ring (bicyclic) bond motifs is 5. The van der Waals surface area contributed by atoms with Gasteiger partial charge in [0.2, 0.25) is 0 Å². The molecule has 75 heavy (non-hydrogen) atoms. The van der Waals surface area contributed by atoms with Crippen LogP contribution in [0.4, 0.5) is 0 Å². The van der Waals surface area contributed by atoms with Gasteiger partial charge in [-0.15, -0.1) is 0 Å². The Kier molecular flexibility index (Phi) is 21.5. The van der Waals surface area contributed by atoms with Crippen LogP contribution >= 0.6 is 0 Å². The zero-order valence-corrected chi connectivity index (χ0v) is 49.2. The van der Waals surface area contributed by atoms with Crippen LogP contribution in [0.3, 0.4) is 0 Å². The van der Waals surface area contributed by atoms with Crippen LogP contribution in [0.5, 0.6) is 0 Å². The summed E-state index contributed by atoms with van der Waals surface area (Å²) >= 11 is 0. The van der Waals surface area contributed by atoms with Gasteiger partial charge in [-0.3, -0.25) is 9.59 Å². The zero-order valence-electron chi connectivity index (χ0n) is 47.2. The van der Waals surface area contributed by atoms with Gasteiger partial charge in [-0.05, 0) is 82.8 Å². The minimum absolute atomic E-state index is 0.0176. The summed E-state index contributed by atoms with van der Waals surface area (Å²) in [6.45, 7) is 25.5. The average Bonchev–Trinajstić information content (AvgIpc) is 3.70. The van der Waals surface area contributed by atoms with Crippen LogP contribution in [0.1, 0.15) is 145 Å². The van der Waals surface area contributed by atoms with Gasteiger partial charge in [0.1, 0.15) is 51.0 Å². The first-order valence-electron chi connectivity index (χ1n) is 27.6. The van der Waals surface area contributed by atoms with Crippen molar-refractivity contribution < 1.29 is 66.2 Å².